The molecule has 2 unspecified atom stereocenters. The van der Waals surface area contributed by atoms with Gasteiger partial charge in [-0.25, -0.2) is 0 Å². The van der Waals surface area contributed by atoms with Crippen LogP contribution >= 0.6 is 0 Å². The molecular weight excluding hydrogens is 248 g/mol. The number of amides is 1. The molecule has 1 fully saturated rings. The van der Waals surface area contributed by atoms with E-state index in [1.165, 1.54) is 18.4 Å². The second-order valence-corrected chi connectivity index (χ2v) is 6.25. The van der Waals surface area contributed by atoms with Crippen LogP contribution in [0.4, 0.5) is 0 Å². The Morgan fingerprint density at radius 3 is 2.40 bits per heavy atom. The predicted octanol–water partition coefficient (Wildman–Crippen LogP) is 2.89. The molecule has 1 amide bonds. The van der Waals surface area contributed by atoms with Crippen molar-refractivity contribution in [3.63, 3.8) is 0 Å². The molecule has 0 bridgehead atoms. The van der Waals surface area contributed by atoms with Gasteiger partial charge >= 0.3 is 0 Å². The average molecular weight is 274 g/mol. The van der Waals surface area contributed by atoms with Crippen molar-refractivity contribution in [1.82, 2.24) is 10.6 Å². The molecule has 110 valence electrons. The Bertz CT molecular complexity index is 426. The predicted molar refractivity (Wildman–Crippen MR) is 82.4 cm³/mol. The van der Waals surface area contributed by atoms with Gasteiger partial charge in [0.25, 0.3) is 0 Å². The van der Waals surface area contributed by atoms with Gasteiger partial charge in [0, 0.05) is 12.6 Å². The third kappa shape index (κ3) is 4.34. The van der Waals surface area contributed by atoms with E-state index in [-0.39, 0.29) is 11.9 Å². The number of benzene rings is 1. The summed E-state index contributed by atoms with van der Waals surface area (Å²) >= 11 is 0. The van der Waals surface area contributed by atoms with Gasteiger partial charge in [0.1, 0.15) is 0 Å². The van der Waals surface area contributed by atoms with Crippen molar-refractivity contribution < 1.29 is 4.79 Å². The Balaban J connectivity index is 1.93. The molecule has 1 aromatic rings. The molecule has 2 rings (SSSR count). The maximum atomic E-state index is 12.1. The van der Waals surface area contributed by atoms with Gasteiger partial charge in [-0.3, -0.25) is 10.1 Å². The lowest BCUT2D eigenvalue weighted by Crippen LogP contribution is -2.45. The average Bonchev–Trinajstić information content (AvgIpc) is 3.27. The summed E-state index contributed by atoms with van der Waals surface area (Å²) in [6, 6.07) is 10.6. The lowest BCUT2D eigenvalue weighted by molar-refractivity contribution is -0.123. The highest BCUT2D eigenvalue weighted by molar-refractivity contribution is 5.81. The SMILES string of the molecule is CC(C)CNC(=O)C(C)NC(c1ccccc1)C1CC1. The van der Waals surface area contributed by atoms with E-state index in [4.69, 9.17) is 0 Å². The van der Waals surface area contributed by atoms with Crippen LogP contribution in [0.2, 0.25) is 0 Å². The van der Waals surface area contributed by atoms with E-state index in [0.717, 1.165) is 6.54 Å². The van der Waals surface area contributed by atoms with E-state index < -0.39 is 0 Å². The fourth-order valence-corrected chi connectivity index (χ4v) is 2.40. The summed E-state index contributed by atoms with van der Waals surface area (Å²) in [5.74, 6) is 1.26. The molecule has 0 spiro atoms. The van der Waals surface area contributed by atoms with Crippen molar-refractivity contribution in [2.45, 2.75) is 45.7 Å². The first-order valence-electron chi connectivity index (χ1n) is 7.66. The van der Waals surface area contributed by atoms with Gasteiger partial charge in [-0.2, -0.15) is 0 Å². The summed E-state index contributed by atoms with van der Waals surface area (Å²) in [4.78, 5) is 12.1. The van der Waals surface area contributed by atoms with Crippen molar-refractivity contribution in [2.24, 2.45) is 11.8 Å². The zero-order valence-electron chi connectivity index (χ0n) is 12.7. The fourth-order valence-electron chi connectivity index (χ4n) is 2.40. The van der Waals surface area contributed by atoms with Crippen LogP contribution in [0.15, 0.2) is 30.3 Å². The van der Waals surface area contributed by atoms with E-state index >= 15 is 0 Å². The van der Waals surface area contributed by atoms with Crippen molar-refractivity contribution in [1.29, 1.82) is 0 Å². The summed E-state index contributed by atoms with van der Waals surface area (Å²) in [5.41, 5.74) is 1.29. The Hall–Kier alpha value is -1.35. The molecule has 20 heavy (non-hydrogen) atoms. The van der Waals surface area contributed by atoms with Gasteiger partial charge in [-0.1, -0.05) is 44.2 Å². The Morgan fingerprint density at radius 2 is 1.85 bits per heavy atom. The lowest BCUT2D eigenvalue weighted by Gasteiger charge is -2.23. The normalized spacial score (nSPS) is 17.8. The van der Waals surface area contributed by atoms with Gasteiger partial charge < -0.3 is 5.32 Å². The third-order valence-electron chi connectivity index (χ3n) is 3.76. The Labute approximate surface area is 122 Å². The van der Waals surface area contributed by atoms with Crippen LogP contribution in [0.1, 0.15) is 45.2 Å². The van der Waals surface area contributed by atoms with Crippen LogP contribution in [-0.4, -0.2) is 18.5 Å². The molecule has 3 heteroatoms. The molecule has 1 saturated carbocycles. The zero-order valence-corrected chi connectivity index (χ0v) is 12.7. The first-order valence-corrected chi connectivity index (χ1v) is 7.66. The molecule has 0 heterocycles. The van der Waals surface area contributed by atoms with E-state index in [1.54, 1.807) is 0 Å². The smallest absolute Gasteiger partial charge is 0.236 e. The van der Waals surface area contributed by atoms with Crippen LogP contribution in [-0.2, 0) is 4.79 Å². The number of hydrogen-bond donors (Lipinski definition) is 2. The second kappa shape index (κ2) is 6.89. The lowest BCUT2D eigenvalue weighted by atomic mass is 10.0. The minimum absolute atomic E-state index is 0.0975. The van der Waals surface area contributed by atoms with Gasteiger partial charge in [0.05, 0.1) is 6.04 Å². The van der Waals surface area contributed by atoms with E-state index in [9.17, 15) is 4.79 Å². The Morgan fingerprint density at radius 1 is 1.20 bits per heavy atom. The first-order chi connectivity index (χ1) is 9.58. The topological polar surface area (TPSA) is 41.1 Å². The monoisotopic (exact) mass is 274 g/mol. The van der Waals surface area contributed by atoms with Crippen molar-refractivity contribution in [3.05, 3.63) is 35.9 Å². The number of rotatable bonds is 7. The number of nitrogens with one attached hydrogen (secondary N) is 2. The van der Waals surface area contributed by atoms with Crippen molar-refractivity contribution >= 4 is 5.91 Å². The maximum Gasteiger partial charge on any atom is 0.236 e. The summed E-state index contributed by atoms with van der Waals surface area (Å²) in [7, 11) is 0. The molecule has 1 aliphatic carbocycles. The molecule has 3 nitrogen and oxygen atoms in total. The molecule has 1 aromatic carbocycles. The summed E-state index contributed by atoms with van der Waals surface area (Å²) < 4.78 is 0. The molecule has 0 aromatic heterocycles. The third-order valence-corrected chi connectivity index (χ3v) is 3.76. The highest BCUT2D eigenvalue weighted by Crippen LogP contribution is 2.41. The first kappa shape index (κ1) is 15.0. The van der Waals surface area contributed by atoms with Crippen LogP contribution in [0.3, 0.4) is 0 Å². The highest BCUT2D eigenvalue weighted by atomic mass is 16.2. The zero-order chi connectivity index (χ0) is 14.5. The van der Waals surface area contributed by atoms with Crippen molar-refractivity contribution in [2.75, 3.05) is 6.54 Å². The van der Waals surface area contributed by atoms with Gasteiger partial charge in [0.2, 0.25) is 5.91 Å². The Kier molecular flexibility index (Phi) is 5.18. The van der Waals surface area contributed by atoms with Crippen molar-refractivity contribution in [3.8, 4) is 0 Å². The highest BCUT2D eigenvalue weighted by Gasteiger charge is 2.33. The molecule has 0 radical (unpaired) electrons. The second-order valence-electron chi connectivity index (χ2n) is 6.25. The summed E-state index contributed by atoms with van der Waals surface area (Å²) in [6.07, 6.45) is 2.51. The van der Waals surface area contributed by atoms with Gasteiger partial charge in [0.15, 0.2) is 0 Å². The maximum absolute atomic E-state index is 12.1. The van der Waals surface area contributed by atoms with E-state index in [2.05, 4.69) is 48.7 Å². The molecule has 0 aliphatic heterocycles. The number of carbonyl (C=O) groups excluding carboxylic acids is 1. The van der Waals surface area contributed by atoms with Crippen LogP contribution in [0, 0.1) is 11.8 Å². The summed E-state index contributed by atoms with van der Waals surface area (Å²) in [5, 5.41) is 6.50. The standard InChI is InChI=1S/C17H26N2O/c1-12(2)11-18-17(20)13(3)19-16(15-9-10-15)14-7-5-4-6-8-14/h4-8,12-13,15-16,19H,9-11H2,1-3H3,(H,18,20). The molecule has 2 atom stereocenters. The van der Waals surface area contributed by atoms with Crippen LogP contribution in [0.25, 0.3) is 0 Å². The minimum Gasteiger partial charge on any atom is -0.354 e. The number of carbonyl (C=O) groups is 1. The van der Waals surface area contributed by atoms with Crippen LogP contribution in [0.5, 0.6) is 0 Å². The van der Waals surface area contributed by atoms with Gasteiger partial charge in [-0.05, 0) is 37.2 Å². The minimum atomic E-state index is -0.153. The largest absolute Gasteiger partial charge is 0.354 e. The number of hydrogen-bond acceptors (Lipinski definition) is 2. The molecule has 1 aliphatic rings. The summed E-state index contributed by atoms with van der Waals surface area (Å²) in [6.45, 7) is 6.91. The molecule has 2 N–H and O–H groups in total. The van der Waals surface area contributed by atoms with E-state index in [0.29, 0.717) is 17.9 Å². The molecular formula is C17H26N2O. The van der Waals surface area contributed by atoms with Crippen LogP contribution < -0.4 is 10.6 Å². The quantitative estimate of drug-likeness (QED) is 0.802. The van der Waals surface area contributed by atoms with E-state index in [1.807, 2.05) is 13.0 Å². The molecule has 0 saturated heterocycles. The fraction of sp³-hybridized carbons (Fsp3) is 0.588. The van der Waals surface area contributed by atoms with Gasteiger partial charge in [-0.15, -0.1) is 0 Å².